The van der Waals surface area contributed by atoms with Gasteiger partial charge in [0.2, 0.25) is 0 Å². The van der Waals surface area contributed by atoms with Crippen molar-refractivity contribution in [3.63, 3.8) is 0 Å². The summed E-state index contributed by atoms with van der Waals surface area (Å²) in [5, 5.41) is 0. The van der Waals surface area contributed by atoms with Crippen LogP contribution in [0.5, 0.6) is 0 Å². The molecule has 0 heterocycles. The molecular weight excluding hydrogens is 745 g/mol. The lowest BCUT2D eigenvalue weighted by molar-refractivity contribution is -0.167. The monoisotopic (exact) mass is 849 g/mol. The molecule has 0 fully saturated rings. The molecule has 0 N–H and O–H groups in total. The first-order valence-corrected chi connectivity index (χ1v) is 26.9. The average molecular weight is 849 g/mol. The fourth-order valence-corrected chi connectivity index (χ4v) is 8.22. The van der Waals surface area contributed by atoms with Crippen molar-refractivity contribution in [3.05, 3.63) is 0 Å². The quantitative estimate of drug-likeness (QED) is 0.0345. The Morgan fingerprint density at radius 1 is 0.317 bits per heavy atom. The number of ether oxygens (including phenoxy) is 3. The summed E-state index contributed by atoms with van der Waals surface area (Å²) in [7, 11) is 0. The fourth-order valence-electron chi connectivity index (χ4n) is 8.22. The van der Waals surface area contributed by atoms with Crippen LogP contribution in [0.3, 0.4) is 0 Å². The number of rotatable bonds is 49. The molecule has 0 aliphatic rings. The largest absolute Gasteiger partial charge is 0.462 e. The molecule has 0 amide bonds. The Bertz CT molecular complexity index is 903. The van der Waals surface area contributed by atoms with Crippen LogP contribution < -0.4 is 0 Å². The van der Waals surface area contributed by atoms with Crippen LogP contribution in [0, 0.1) is 5.92 Å². The minimum Gasteiger partial charge on any atom is -0.462 e. The number of esters is 3. The van der Waals surface area contributed by atoms with Crippen LogP contribution in [0.15, 0.2) is 0 Å². The maximum absolute atomic E-state index is 12.8. The SMILES string of the molecule is CCCCCCCCCCCCCCCCCCCC(=O)O[C@H](COC(=O)CCCCCCCCCCCCCC)COC(=O)CCCCCCCCCCCCC(C)C. The van der Waals surface area contributed by atoms with E-state index < -0.39 is 6.10 Å². The van der Waals surface area contributed by atoms with E-state index in [0.717, 1.165) is 63.7 Å². The summed E-state index contributed by atoms with van der Waals surface area (Å²) in [4.78, 5) is 38.0. The van der Waals surface area contributed by atoms with Gasteiger partial charge in [0.05, 0.1) is 0 Å². The van der Waals surface area contributed by atoms with E-state index in [0.29, 0.717) is 19.3 Å². The maximum atomic E-state index is 12.8. The van der Waals surface area contributed by atoms with Crippen LogP contribution in [0.4, 0.5) is 0 Å². The Morgan fingerprint density at radius 2 is 0.550 bits per heavy atom. The molecule has 0 radical (unpaired) electrons. The number of hydrogen-bond acceptors (Lipinski definition) is 6. The van der Waals surface area contributed by atoms with Gasteiger partial charge in [-0.05, 0) is 25.2 Å². The normalized spacial score (nSPS) is 11.9. The summed E-state index contributed by atoms with van der Waals surface area (Å²) < 4.78 is 16.8. The summed E-state index contributed by atoms with van der Waals surface area (Å²) in [5.41, 5.74) is 0. The molecule has 0 aromatic carbocycles. The van der Waals surface area contributed by atoms with Gasteiger partial charge in [-0.2, -0.15) is 0 Å². The summed E-state index contributed by atoms with van der Waals surface area (Å²) >= 11 is 0. The van der Waals surface area contributed by atoms with E-state index in [9.17, 15) is 14.4 Å². The van der Waals surface area contributed by atoms with Gasteiger partial charge in [0.1, 0.15) is 13.2 Å². The van der Waals surface area contributed by atoms with E-state index in [2.05, 4.69) is 27.7 Å². The lowest BCUT2D eigenvalue weighted by Gasteiger charge is -2.18. The Hall–Kier alpha value is -1.59. The van der Waals surface area contributed by atoms with E-state index in [-0.39, 0.29) is 31.1 Å². The van der Waals surface area contributed by atoms with Crippen LogP contribution in [-0.2, 0) is 28.6 Å². The van der Waals surface area contributed by atoms with Gasteiger partial charge in [0.25, 0.3) is 0 Å². The van der Waals surface area contributed by atoms with Crippen molar-refractivity contribution in [2.24, 2.45) is 5.92 Å². The molecule has 0 unspecified atom stereocenters. The number of unbranched alkanes of at least 4 members (excludes halogenated alkanes) is 36. The van der Waals surface area contributed by atoms with Crippen LogP contribution >= 0.6 is 0 Å². The van der Waals surface area contributed by atoms with E-state index in [1.165, 1.54) is 199 Å². The van der Waals surface area contributed by atoms with Crippen molar-refractivity contribution in [2.75, 3.05) is 13.2 Å². The van der Waals surface area contributed by atoms with Crippen LogP contribution in [0.2, 0.25) is 0 Å². The van der Waals surface area contributed by atoms with E-state index in [1.54, 1.807) is 0 Å². The lowest BCUT2D eigenvalue weighted by atomic mass is 10.0. The molecule has 0 aromatic rings. The molecule has 0 spiro atoms. The predicted octanol–water partition coefficient (Wildman–Crippen LogP) is 17.5. The van der Waals surface area contributed by atoms with Gasteiger partial charge in [0, 0.05) is 19.3 Å². The first-order valence-electron chi connectivity index (χ1n) is 26.9. The standard InChI is InChI=1S/C54H104O6/c1-5-7-9-11-13-15-17-19-20-21-22-23-25-31-35-39-43-47-54(57)60-51(48-58-52(55)45-41-37-33-29-24-18-16-14-12-10-8-6-2)49-59-53(56)46-42-38-34-30-27-26-28-32-36-40-44-50(3)4/h50-51H,5-49H2,1-4H3/t51-/m1/s1. The van der Waals surface area contributed by atoms with Crippen molar-refractivity contribution < 1.29 is 28.6 Å². The predicted molar refractivity (Wildman–Crippen MR) is 257 cm³/mol. The van der Waals surface area contributed by atoms with Crippen molar-refractivity contribution in [1.82, 2.24) is 0 Å². The van der Waals surface area contributed by atoms with Gasteiger partial charge in [-0.15, -0.1) is 0 Å². The summed E-state index contributed by atoms with van der Waals surface area (Å²) in [6.07, 6.45) is 50.9. The first kappa shape index (κ1) is 58.4. The maximum Gasteiger partial charge on any atom is 0.306 e. The Morgan fingerprint density at radius 3 is 0.817 bits per heavy atom. The Balaban J connectivity index is 4.29. The van der Waals surface area contributed by atoms with Gasteiger partial charge in [-0.3, -0.25) is 14.4 Å². The molecule has 0 aromatic heterocycles. The van der Waals surface area contributed by atoms with Gasteiger partial charge >= 0.3 is 17.9 Å². The minimum absolute atomic E-state index is 0.0626. The molecule has 0 bridgehead atoms. The molecule has 1 atom stereocenters. The van der Waals surface area contributed by atoms with Crippen molar-refractivity contribution in [3.8, 4) is 0 Å². The Kier molecular flexibility index (Phi) is 47.2. The van der Waals surface area contributed by atoms with E-state index in [4.69, 9.17) is 14.2 Å². The first-order chi connectivity index (χ1) is 29.4. The summed E-state index contributed by atoms with van der Waals surface area (Å²) in [5.74, 6) is -0.0236. The number of carbonyl (C=O) groups is 3. The van der Waals surface area contributed by atoms with Gasteiger partial charge in [-0.25, -0.2) is 0 Å². The van der Waals surface area contributed by atoms with Crippen LogP contribution in [-0.4, -0.2) is 37.2 Å². The molecular formula is C54H104O6. The third-order valence-electron chi connectivity index (χ3n) is 12.3. The van der Waals surface area contributed by atoms with Gasteiger partial charge in [0.15, 0.2) is 6.10 Å². The Labute approximate surface area is 374 Å². The van der Waals surface area contributed by atoms with Crippen LogP contribution in [0.25, 0.3) is 0 Å². The van der Waals surface area contributed by atoms with Crippen molar-refractivity contribution >= 4 is 17.9 Å². The van der Waals surface area contributed by atoms with Crippen molar-refractivity contribution in [2.45, 2.75) is 310 Å². The van der Waals surface area contributed by atoms with Gasteiger partial charge in [-0.1, -0.05) is 265 Å². The van der Waals surface area contributed by atoms with Crippen LogP contribution in [0.1, 0.15) is 304 Å². The highest BCUT2D eigenvalue weighted by Gasteiger charge is 2.19. The molecule has 0 aliphatic carbocycles. The zero-order valence-electron chi connectivity index (χ0n) is 40.9. The highest BCUT2D eigenvalue weighted by Crippen LogP contribution is 2.17. The highest BCUT2D eigenvalue weighted by molar-refractivity contribution is 5.71. The molecule has 356 valence electrons. The topological polar surface area (TPSA) is 78.9 Å². The molecule has 6 heteroatoms. The van der Waals surface area contributed by atoms with Crippen molar-refractivity contribution in [1.29, 1.82) is 0 Å². The molecule has 0 rings (SSSR count). The lowest BCUT2D eigenvalue weighted by Crippen LogP contribution is -2.30. The molecule has 0 aliphatic heterocycles. The highest BCUT2D eigenvalue weighted by atomic mass is 16.6. The number of hydrogen-bond donors (Lipinski definition) is 0. The second-order valence-electron chi connectivity index (χ2n) is 19.0. The summed E-state index contributed by atoms with van der Waals surface area (Å²) in [6, 6.07) is 0. The molecule has 0 saturated carbocycles. The minimum atomic E-state index is -0.761. The molecule has 60 heavy (non-hydrogen) atoms. The molecule has 6 nitrogen and oxygen atoms in total. The number of carbonyl (C=O) groups excluding carboxylic acids is 3. The van der Waals surface area contributed by atoms with E-state index in [1.807, 2.05) is 0 Å². The van der Waals surface area contributed by atoms with E-state index >= 15 is 0 Å². The smallest absolute Gasteiger partial charge is 0.306 e. The zero-order chi connectivity index (χ0) is 43.8. The third kappa shape index (κ3) is 47.5. The third-order valence-corrected chi connectivity index (χ3v) is 12.3. The molecule has 0 saturated heterocycles. The fraction of sp³-hybridized carbons (Fsp3) is 0.944. The average Bonchev–Trinajstić information content (AvgIpc) is 3.23. The zero-order valence-corrected chi connectivity index (χ0v) is 40.9. The summed E-state index contributed by atoms with van der Waals surface area (Å²) in [6.45, 7) is 9.02. The van der Waals surface area contributed by atoms with Gasteiger partial charge < -0.3 is 14.2 Å². The second-order valence-corrected chi connectivity index (χ2v) is 19.0. The second kappa shape index (κ2) is 48.4.